The number of carbonyl (C=O) groups is 2. The van der Waals surface area contributed by atoms with E-state index in [0.717, 1.165) is 21.9 Å². The zero-order chi connectivity index (χ0) is 33.9. The minimum absolute atomic E-state index is 0.0836. The second kappa shape index (κ2) is 12.2. The van der Waals surface area contributed by atoms with Crippen LogP contribution < -0.4 is 9.80 Å². The van der Waals surface area contributed by atoms with Crippen molar-refractivity contribution in [2.45, 2.75) is 31.5 Å². The van der Waals surface area contributed by atoms with Crippen LogP contribution in [0.15, 0.2) is 78.9 Å². The van der Waals surface area contributed by atoms with Crippen molar-refractivity contribution in [1.82, 2.24) is 0 Å². The summed E-state index contributed by atoms with van der Waals surface area (Å²) in [5.41, 5.74) is 7.61. The van der Waals surface area contributed by atoms with Crippen LogP contribution in [-0.2, 0) is 0 Å². The van der Waals surface area contributed by atoms with Gasteiger partial charge in [-0.05, 0) is 40.1 Å². The number of anilines is 2. The maximum Gasteiger partial charge on any atom is 0.258 e. The summed E-state index contributed by atoms with van der Waals surface area (Å²) in [5.74, 6) is 3.12. The van der Waals surface area contributed by atoms with Crippen LogP contribution in [0.5, 0.6) is 11.5 Å². The Bertz CT molecular complexity index is 2080. The van der Waals surface area contributed by atoms with E-state index >= 15 is 0 Å². The molecule has 0 saturated carbocycles. The second-order valence-corrected chi connectivity index (χ2v) is 18.9. The summed E-state index contributed by atoms with van der Waals surface area (Å²) in [6.45, 7) is 7.08. The van der Waals surface area contributed by atoms with Gasteiger partial charge in [0.2, 0.25) is 0 Å². The van der Waals surface area contributed by atoms with Gasteiger partial charge in [-0.25, -0.2) is 0 Å². The van der Waals surface area contributed by atoms with Gasteiger partial charge in [0, 0.05) is 76.3 Å². The van der Waals surface area contributed by atoms with Crippen LogP contribution in [0.1, 0.15) is 49.2 Å². The Morgan fingerprint density at radius 3 is 1.52 bits per heavy atom. The minimum atomic E-state index is -1.80. The van der Waals surface area contributed by atoms with E-state index in [0.29, 0.717) is 63.7 Å². The number of carbonyl (C=O) groups excluding carboxylic acids is 2. The SMILES string of the molecule is C[Si](C)(C)C#Cc1cc(C(=O)N2CC(CCl)c3c2cc(O)c2ccccc32)cc(C(=O)N2CC(CCl)c3c2cc(O)c2ccccc32)c1. The first-order chi connectivity index (χ1) is 23.0. The van der Waals surface area contributed by atoms with Crippen LogP contribution >= 0.6 is 23.2 Å². The Labute approximate surface area is 290 Å². The molecule has 9 heteroatoms. The zero-order valence-corrected chi connectivity index (χ0v) is 29.4. The van der Waals surface area contributed by atoms with Crippen LogP contribution in [-0.4, -0.2) is 55.0 Å². The van der Waals surface area contributed by atoms with Gasteiger partial charge in [-0.1, -0.05) is 74.1 Å². The van der Waals surface area contributed by atoms with Gasteiger partial charge < -0.3 is 20.0 Å². The number of fused-ring (bicyclic) bond motifs is 6. The third kappa shape index (κ3) is 5.48. The number of benzene rings is 5. The number of halogens is 2. The van der Waals surface area contributed by atoms with Crippen molar-refractivity contribution in [2.75, 3.05) is 34.6 Å². The lowest BCUT2D eigenvalue weighted by Gasteiger charge is -2.21. The number of phenolic OH excluding ortho intramolecular Hbond substituents is 2. The number of hydrogen-bond donors (Lipinski definition) is 2. The highest BCUT2D eigenvalue weighted by Gasteiger charge is 2.37. The molecule has 2 aliphatic heterocycles. The molecular formula is C39H34Cl2N2O4Si. The van der Waals surface area contributed by atoms with Gasteiger partial charge in [0.1, 0.15) is 19.6 Å². The lowest BCUT2D eigenvalue weighted by Crippen LogP contribution is -2.32. The van der Waals surface area contributed by atoms with Crippen LogP contribution in [0.4, 0.5) is 11.4 Å². The van der Waals surface area contributed by atoms with Crippen LogP contribution in [0.2, 0.25) is 19.6 Å². The topological polar surface area (TPSA) is 81.1 Å². The molecule has 5 aromatic carbocycles. The predicted octanol–water partition coefficient (Wildman–Crippen LogP) is 8.60. The van der Waals surface area contributed by atoms with E-state index in [-0.39, 0.29) is 35.1 Å². The molecule has 5 aromatic rings. The largest absolute Gasteiger partial charge is 0.507 e. The van der Waals surface area contributed by atoms with Crippen molar-refractivity contribution < 1.29 is 19.8 Å². The number of alkyl halides is 2. The Morgan fingerprint density at radius 2 is 1.12 bits per heavy atom. The maximum atomic E-state index is 14.4. The first kappa shape index (κ1) is 32.1. The molecule has 2 atom stereocenters. The lowest BCUT2D eigenvalue weighted by molar-refractivity contribution is 0.0987. The monoisotopic (exact) mass is 692 g/mol. The lowest BCUT2D eigenvalue weighted by atomic mass is 9.95. The Balaban J connectivity index is 1.34. The first-order valence-electron chi connectivity index (χ1n) is 15.9. The highest BCUT2D eigenvalue weighted by molar-refractivity contribution is 6.83. The van der Waals surface area contributed by atoms with Crippen molar-refractivity contribution in [2.24, 2.45) is 0 Å². The molecule has 2 N–H and O–H groups in total. The standard InChI is InChI=1S/C39H34Cl2N2O4Si/c1-48(2,3)13-12-23-14-24(38(46)42-21-26(19-40)36-30-10-6-4-8-28(30)34(44)17-32(36)42)16-25(15-23)39(47)43-22-27(20-41)37-31-11-7-5-9-29(31)35(45)18-33(37)43/h4-11,14-18,26-27,44-45H,19-22H2,1-3H3. The number of amides is 2. The molecule has 0 bridgehead atoms. The van der Waals surface area contributed by atoms with Gasteiger partial charge in [-0.15, -0.1) is 28.7 Å². The molecule has 2 aliphatic rings. The van der Waals surface area contributed by atoms with E-state index in [4.69, 9.17) is 23.2 Å². The number of phenols is 2. The molecule has 7 rings (SSSR count). The van der Waals surface area contributed by atoms with E-state index in [9.17, 15) is 19.8 Å². The van der Waals surface area contributed by atoms with E-state index in [2.05, 4.69) is 31.1 Å². The smallest absolute Gasteiger partial charge is 0.258 e. The summed E-state index contributed by atoms with van der Waals surface area (Å²) in [7, 11) is -1.80. The molecule has 2 unspecified atom stereocenters. The second-order valence-electron chi connectivity index (χ2n) is 13.6. The van der Waals surface area contributed by atoms with Crippen molar-refractivity contribution >= 4 is 76.0 Å². The minimum Gasteiger partial charge on any atom is -0.507 e. The van der Waals surface area contributed by atoms with Gasteiger partial charge in [0.15, 0.2) is 0 Å². The zero-order valence-electron chi connectivity index (χ0n) is 26.8. The molecule has 0 saturated heterocycles. The van der Waals surface area contributed by atoms with Crippen LogP contribution in [0.3, 0.4) is 0 Å². The summed E-state index contributed by atoms with van der Waals surface area (Å²) >= 11 is 12.9. The summed E-state index contributed by atoms with van der Waals surface area (Å²) < 4.78 is 0. The van der Waals surface area contributed by atoms with Crippen molar-refractivity contribution in [3.8, 4) is 23.0 Å². The molecule has 0 spiro atoms. The Kier molecular flexibility index (Phi) is 8.15. The Morgan fingerprint density at radius 1 is 0.708 bits per heavy atom. The van der Waals surface area contributed by atoms with Crippen LogP contribution in [0, 0.1) is 11.5 Å². The van der Waals surface area contributed by atoms with Gasteiger partial charge in [-0.2, -0.15) is 0 Å². The van der Waals surface area contributed by atoms with E-state index < -0.39 is 8.07 Å². The molecule has 2 amide bonds. The molecule has 6 nitrogen and oxygen atoms in total. The fraction of sp³-hybridized carbons (Fsp3) is 0.231. The van der Waals surface area contributed by atoms with Crippen LogP contribution in [0.25, 0.3) is 21.5 Å². The predicted molar refractivity (Wildman–Crippen MR) is 198 cm³/mol. The first-order valence-corrected chi connectivity index (χ1v) is 20.5. The molecule has 0 aliphatic carbocycles. The molecule has 242 valence electrons. The molecule has 2 heterocycles. The van der Waals surface area contributed by atoms with E-state index in [1.165, 1.54) is 0 Å². The summed E-state index contributed by atoms with van der Waals surface area (Å²) in [4.78, 5) is 32.2. The van der Waals surface area contributed by atoms with E-state index in [1.807, 2.05) is 48.5 Å². The Hall–Kier alpha value is -4.48. The van der Waals surface area contributed by atoms with Gasteiger partial charge in [-0.3, -0.25) is 9.59 Å². The average molecular weight is 694 g/mol. The van der Waals surface area contributed by atoms with E-state index in [1.54, 1.807) is 40.1 Å². The maximum absolute atomic E-state index is 14.4. The summed E-state index contributed by atoms with van der Waals surface area (Å²) in [6, 6.07) is 23.5. The van der Waals surface area contributed by atoms with Gasteiger partial charge in [0.05, 0.1) is 11.4 Å². The van der Waals surface area contributed by atoms with Crippen molar-refractivity contribution in [3.63, 3.8) is 0 Å². The van der Waals surface area contributed by atoms with Gasteiger partial charge in [0.25, 0.3) is 11.8 Å². The molecule has 0 radical (unpaired) electrons. The van der Waals surface area contributed by atoms with Gasteiger partial charge >= 0.3 is 0 Å². The highest BCUT2D eigenvalue weighted by Crippen LogP contribution is 2.47. The number of aromatic hydroxyl groups is 2. The normalized spacial score (nSPS) is 16.9. The third-order valence-electron chi connectivity index (χ3n) is 9.16. The third-order valence-corrected chi connectivity index (χ3v) is 10.8. The summed E-state index contributed by atoms with van der Waals surface area (Å²) in [5, 5.41) is 25.0. The fourth-order valence-corrected chi connectivity index (χ4v) is 8.03. The number of rotatable bonds is 4. The quantitative estimate of drug-likeness (QED) is 0.112. The highest BCUT2D eigenvalue weighted by atomic mass is 35.5. The van der Waals surface area contributed by atoms with Crippen molar-refractivity contribution in [1.29, 1.82) is 0 Å². The molecule has 0 fully saturated rings. The summed E-state index contributed by atoms with van der Waals surface area (Å²) in [6.07, 6.45) is 0. The number of nitrogens with zero attached hydrogens (tertiary/aromatic N) is 2. The average Bonchev–Trinajstić information content (AvgIpc) is 3.65. The molecule has 0 aromatic heterocycles. The number of hydrogen-bond acceptors (Lipinski definition) is 4. The molecular weight excluding hydrogens is 659 g/mol. The fourth-order valence-electron chi connectivity index (χ4n) is 7.01. The molecule has 48 heavy (non-hydrogen) atoms. The van der Waals surface area contributed by atoms with Crippen molar-refractivity contribution in [3.05, 3.63) is 107 Å².